The van der Waals surface area contributed by atoms with Gasteiger partial charge in [-0.25, -0.2) is 0 Å². The molecule has 0 atom stereocenters. The van der Waals surface area contributed by atoms with E-state index in [0.29, 0.717) is 0 Å². The van der Waals surface area contributed by atoms with Gasteiger partial charge in [-0.15, -0.1) is 0 Å². The van der Waals surface area contributed by atoms with Crippen molar-refractivity contribution in [2.75, 3.05) is 0 Å². The summed E-state index contributed by atoms with van der Waals surface area (Å²) in [5.74, 6) is 0. The summed E-state index contributed by atoms with van der Waals surface area (Å²) in [5.41, 5.74) is 8.23. The third kappa shape index (κ3) is 4.69. The minimum atomic E-state index is 1.21. The molecule has 0 amide bonds. The van der Waals surface area contributed by atoms with Gasteiger partial charge in [-0.2, -0.15) is 0 Å². The van der Waals surface area contributed by atoms with Crippen molar-refractivity contribution in [3.63, 3.8) is 0 Å². The van der Waals surface area contributed by atoms with Gasteiger partial charge < -0.3 is 0 Å². The van der Waals surface area contributed by atoms with Crippen LogP contribution in [0.15, 0.2) is 72.8 Å². The first-order valence-corrected chi connectivity index (χ1v) is 10.7. The lowest BCUT2D eigenvalue weighted by atomic mass is 9.93. The number of aryl methyl sites for hydroxylation is 2. The number of benzene rings is 3. The number of hydrogen-bond donors (Lipinski definition) is 0. The molecule has 3 aromatic carbocycles. The molecule has 0 fully saturated rings. The molecule has 3 aliphatic rings. The highest BCUT2D eigenvalue weighted by atomic mass is 14.1. The zero-order valence-corrected chi connectivity index (χ0v) is 16.3. The van der Waals surface area contributed by atoms with Crippen LogP contribution in [0.25, 0.3) is 22.3 Å². The van der Waals surface area contributed by atoms with Crippen molar-refractivity contribution >= 4 is 0 Å². The molecular weight excluding hydrogens is 324 g/mol. The average molecular weight is 355 g/mol. The molecule has 3 aromatic rings. The maximum atomic E-state index is 2.32. The number of hydrogen-bond acceptors (Lipinski definition) is 0. The lowest BCUT2D eigenvalue weighted by Crippen LogP contribution is -1.89. The standard InChI is InChI=1S/C27H30/c1-2-4-6-10-22-14-18-24(19-15-22)26-12-8-9-13-27(26)25-20-16-23(17-21-25)11-7-5-3-1/h8-9,12-21H,1-7,10-11H2. The third-order valence-electron chi connectivity index (χ3n) is 5.89. The molecule has 0 saturated carbocycles. The van der Waals surface area contributed by atoms with E-state index in [0.717, 1.165) is 0 Å². The maximum absolute atomic E-state index is 2.32. The topological polar surface area (TPSA) is 0 Å². The Kier molecular flexibility index (Phi) is 6.04. The molecule has 3 aliphatic carbocycles. The fraction of sp³-hybridized carbons (Fsp3) is 0.333. The normalized spacial score (nSPS) is 15.6. The predicted octanol–water partition coefficient (Wildman–Crippen LogP) is 7.85. The van der Waals surface area contributed by atoms with Crippen LogP contribution in [-0.2, 0) is 12.8 Å². The van der Waals surface area contributed by atoms with E-state index in [1.807, 2.05) is 0 Å². The highest BCUT2D eigenvalue weighted by molar-refractivity contribution is 5.83. The summed E-state index contributed by atoms with van der Waals surface area (Å²) in [4.78, 5) is 0. The second-order valence-corrected chi connectivity index (χ2v) is 7.91. The summed E-state index contributed by atoms with van der Waals surface area (Å²) < 4.78 is 0. The Morgan fingerprint density at radius 1 is 0.370 bits per heavy atom. The van der Waals surface area contributed by atoms with E-state index in [2.05, 4.69) is 72.8 Å². The van der Waals surface area contributed by atoms with Gasteiger partial charge in [0, 0.05) is 0 Å². The Labute approximate surface area is 164 Å². The number of rotatable bonds is 0. The van der Waals surface area contributed by atoms with E-state index in [1.165, 1.54) is 91.2 Å². The molecule has 0 aliphatic heterocycles. The molecule has 27 heavy (non-hydrogen) atoms. The van der Waals surface area contributed by atoms with Crippen molar-refractivity contribution in [1.82, 2.24) is 0 Å². The van der Waals surface area contributed by atoms with E-state index in [4.69, 9.17) is 0 Å². The van der Waals surface area contributed by atoms with E-state index in [9.17, 15) is 0 Å². The van der Waals surface area contributed by atoms with Gasteiger partial charge in [0.15, 0.2) is 0 Å². The fourth-order valence-electron chi connectivity index (χ4n) is 4.23. The summed E-state index contributed by atoms with van der Waals surface area (Å²) in [5, 5.41) is 0. The molecule has 6 rings (SSSR count). The lowest BCUT2D eigenvalue weighted by molar-refractivity contribution is 0.579. The van der Waals surface area contributed by atoms with Gasteiger partial charge >= 0.3 is 0 Å². The Balaban J connectivity index is 1.67. The molecule has 0 spiro atoms. The van der Waals surface area contributed by atoms with Gasteiger partial charge in [0.05, 0.1) is 0 Å². The first kappa shape index (κ1) is 18.0. The van der Waals surface area contributed by atoms with Crippen LogP contribution in [0.5, 0.6) is 0 Å². The zero-order chi connectivity index (χ0) is 18.3. The molecule has 0 heteroatoms. The van der Waals surface area contributed by atoms with E-state index >= 15 is 0 Å². The summed E-state index contributed by atoms with van der Waals surface area (Å²) in [6.07, 6.45) is 12.0. The molecule has 4 bridgehead atoms. The monoisotopic (exact) mass is 354 g/mol. The fourth-order valence-corrected chi connectivity index (χ4v) is 4.23. The summed E-state index contributed by atoms with van der Waals surface area (Å²) >= 11 is 0. The molecule has 0 heterocycles. The summed E-state index contributed by atoms with van der Waals surface area (Å²) in [6.45, 7) is 0. The second-order valence-electron chi connectivity index (χ2n) is 7.91. The molecule has 0 radical (unpaired) electrons. The molecule has 0 aromatic heterocycles. The second kappa shape index (κ2) is 9.04. The van der Waals surface area contributed by atoms with Crippen LogP contribution in [0.1, 0.15) is 56.1 Å². The Hall–Kier alpha value is -2.34. The quantitative estimate of drug-likeness (QED) is 0.385. The Bertz CT molecular complexity index is 767. The van der Waals surface area contributed by atoms with Gasteiger partial charge in [0.25, 0.3) is 0 Å². The minimum Gasteiger partial charge on any atom is -0.0616 e. The van der Waals surface area contributed by atoms with Crippen molar-refractivity contribution in [3.05, 3.63) is 83.9 Å². The first-order valence-electron chi connectivity index (χ1n) is 10.7. The van der Waals surface area contributed by atoms with Crippen LogP contribution in [0, 0.1) is 0 Å². The largest absolute Gasteiger partial charge is 0.0616 e. The molecule has 0 unspecified atom stereocenters. The summed E-state index contributed by atoms with van der Waals surface area (Å²) in [6, 6.07) is 27.3. The Morgan fingerprint density at radius 3 is 1.15 bits per heavy atom. The van der Waals surface area contributed by atoms with Crippen LogP contribution >= 0.6 is 0 Å². The van der Waals surface area contributed by atoms with Gasteiger partial charge in [-0.1, -0.05) is 105 Å². The van der Waals surface area contributed by atoms with Gasteiger partial charge in [-0.3, -0.25) is 0 Å². The van der Waals surface area contributed by atoms with Crippen molar-refractivity contribution < 1.29 is 0 Å². The van der Waals surface area contributed by atoms with E-state index in [1.54, 1.807) is 0 Å². The van der Waals surface area contributed by atoms with Gasteiger partial charge in [-0.05, 0) is 59.1 Å². The van der Waals surface area contributed by atoms with Crippen LogP contribution in [0.3, 0.4) is 0 Å². The molecule has 138 valence electrons. The molecular formula is C27H30. The SMILES string of the molecule is c1ccc2c(c1)-c1ccc(cc1)CCCCCCCCCc1ccc-2cc1. The van der Waals surface area contributed by atoms with Crippen molar-refractivity contribution in [2.45, 2.75) is 57.8 Å². The van der Waals surface area contributed by atoms with Crippen molar-refractivity contribution in [2.24, 2.45) is 0 Å². The maximum Gasteiger partial charge on any atom is -0.0105 e. The average Bonchev–Trinajstić information content (AvgIpc) is 2.73. The molecule has 0 nitrogen and oxygen atoms in total. The molecule has 0 N–H and O–H groups in total. The van der Waals surface area contributed by atoms with Gasteiger partial charge in [0.1, 0.15) is 0 Å². The van der Waals surface area contributed by atoms with E-state index in [-0.39, 0.29) is 0 Å². The first-order chi connectivity index (χ1) is 13.4. The van der Waals surface area contributed by atoms with Crippen LogP contribution in [-0.4, -0.2) is 0 Å². The molecule has 0 saturated heterocycles. The predicted molar refractivity (Wildman–Crippen MR) is 117 cm³/mol. The van der Waals surface area contributed by atoms with Crippen LogP contribution in [0.4, 0.5) is 0 Å². The summed E-state index contributed by atoms with van der Waals surface area (Å²) in [7, 11) is 0. The van der Waals surface area contributed by atoms with Crippen molar-refractivity contribution in [3.8, 4) is 22.3 Å². The highest BCUT2D eigenvalue weighted by Gasteiger charge is 2.07. The Morgan fingerprint density at radius 2 is 0.741 bits per heavy atom. The number of fused-ring (bicyclic) bond motifs is 2. The van der Waals surface area contributed by atoms with Crippen LogP contribution in [0.2, 0.25) is 0 Å². The zero-order valence-electron chi connectivity index (χ0n) is 16.3. The van der Waals surface area contributed by atoms with Gasteiger partial charge in [0.2, 0.25) is 0 Å². The smallest absolute Gasteiger partial charge is 0.0105 e. The lowest BCUT2D eigenvalue weighted by Gasteiger charge is -2.12. The van der Waals surface area contributed by atoms with Crippen LogP contribution < -0.4 is 0 Å². The van der Waals surface area contributed by atoms with E-state index < -0.39 is 0 Å². The highest BCUT2D eigenvalue weighted by Crippen LogP contribution is 2.32. The van der Waals surface area contributed by atoms with Crippen molar-refractivity contribution in [1.29, 1.82) is 0 Å². The third-order valence-corrected chi connectivity index (χ3v) is 5.89. The minimum absolute atomic E-state index is 1.21.